The molecule has 1 aliphatic rings. The van der Waals surface area contributed by atoms with Gasteiger partial charge in [0.05, 0.1) is 6.10 Å². The number of aromatic amines is 1. The molecule has 21 heavy (non-hydrogen) atoms. The summed E-state index contributed by atoms with van der Waals surface area (Å²) in [4.78, 5) is 16.9. The van der Waals surface area contributed by atoms with Gasteiger partial charge in [-0.3, -0.25) is 4.79 Å². The Hall–Kier alpha value is -1.88. The van der Waals surface area contributed by atoms with Crippen LogP contribution in [0.25, 0.3) is 10.9 Å². The molecule has 0 aliphatic heterocycles. The molecule has 1 aromatic heterocycles. The van der Waals surface area contributed by atoms with E-state index in [1.54, 1.807) is 13.1 Å². The first-order valence-corrected chi connectivity index (χ1v) is 7.18. The van der Waals surface area contributed by atoms with E-state index in [4.69, 9.17) is 0 Å². The van der Waals surface area contributed by atoms with E-state index in [1.807, 2.05) is 6.92 Å². The normalized spacial score (nSPS) is 16.2. The smallest absolute Gasteiger partial charge is 0.270 e. The van der Waals surface area contributed by atoms with Crippen molar-refractivity contribution in [1.29, 1.82) is 0 Å². The van der Waals surface area contributed by atoms with Crippen molar-refractivity contribution >= 4 is 16.8 Å². The van der Waals surface area contributed by atoms with Crippen LogP contribution in [0.4, 0.5) is 4.39 Å². The number of likely N-dealkylation sites (N-methyl/N-ethyl adjacent to an activating group) is 1. The SMILES string of the molecule is Cc1cc(F)cc2[nH]c(C(=O)N(C)CC(O)C3CC3)cc12. The Morgan fingerprint density at radius 2 is 2.19 bits per heavy atom. The van der Waals surface area contributed by atoms with Gasteiger partial charge in [0, 0.05) is 24.5 Å². The number of rotatable bonds is 4. The quantitative estimate of drug-likeness (QED) is 0.908. The number of aromatic nitrogens is 1. The Morgan fingerprint density at radius 3 is 2.86 bits per heavy atom. The topological polar surface area (TPSA) is 56.3 Å². The van der Waals surface area contributed by atoms with E-state index in [2.05, 4.69) is 4.98 Å². The lowest BCUT2D eigenvalue weighted by Gasteiger charge is -2.20. The molecule has 1 heterocycles. The Morgan fingerprint density at radius 1 is 1.48 bits per heavy atom. The van der Waals surface area contributed by atoms with Crippen molar-refractivity contribution in [3.05, 3.63) is 35.3 Å². The van der Waals surface area contributed by atoms with Crippen LogP contribution >= 0.6 is 0 Å². The van der Waals surface area contributed by atoms with Crippen LogP contribution in [-0.2, 0) is 0 Å². The highest BCUT2D eigenvalue weighted by molar-refractivity contribution is 5.98. The van der Waals surface area contributed by atoms with Gasteiger partial charge in [-0.25, -0.2) is 4.39 Å². The maximum atomic E-state index is 13.4. The first-order chi connectivity index (χ1) is 9.95. The van der Waals surface area contributed by atoms with Gasteiger partial charge in [-0.2, -0.15) is 0 Å². The van der Waals surface area contributed by atoms with E-state index in [-0.39, 0.29) is 11.7 Å². The summed E-state index contributed by atoms with van der Waals surface area (Å²) in [5, 5.41) is 10.8. The number of aryl methyl sites for hydroxylation is 1. The highest BCUT2D eigenvalue weighted by Gasteiger charge is 2.31. The molecule has 0 radical (unpaired) electrons. The summed E-state index contributed by atoms with van der Waals surface area (Å²) in [5.74, 6) is -0.177. The first-order valence-electron chi connectivity index (χ1n) is 7.18. The van der Waals surface area contributed by atoms with Gasteiger partial charge in [0.25, 0.3) is 5.91 Å². The first kappa shape index (κ1) is 14.1. The lowest BCUT2D eigenvalue weighted by molar-refractivity contribution is 0.0641. The molecule has 0 bridgehead atoms. The third kappa shape index (κ3) is 2.78. The Bertz CT molecular complexity index is 691. The summed E-state index contributed by atoms with van der Waals surface area (Å²) in [6.07, 6.45) is 1.62. The van der Waals surface area contributed by atoms with Crippen molar-refractivity contribution in [1.82, 2.24) is 9.88 Å². The molecule has 1 aromatic carbocycles. The highest BCUT2D eigenvalue weighted by Crippen LogP contribution is 2.32. The van der Waals surface area contributed by atoms with Crippen LogP contribution < -0.4 is 0 Å². The molecular weight excluding hydrogens is 271 g/mol. The van der Waals surface area contributed by atoms with Crippen molar-refractivity contribution in [3.63, 3.8) is 0 Å². The molecule has 1 atom stereocenters. The summed E-state index contributed by atoms with van der Waals surface area (Å²) in [5.41, 5.74) is 1.83. The number of benzene rings is 1. The van der Waals surface area contributed by atoms with E-state index in [0.29, 0.717) is 23.7 Å². The fourth-order valence-electron chi connectivity index (χ4n) is 2.69. The second kappa shape index (κ2) is 5.15. The second-order valence-corrected chi connectivity index (χ2v) is 5.96. The molecule has 3 rings (SSSR count). The zero-order valence-corrected chi connectivity index (χ0v) is 12.2. The molecule has 0 spiro atoms. The maximum Gasteiger partial charge on any atom is 0.270 e. The minimum Gasteiger partial charge on any atom is -0.391 e. The van der Waals surface area contributed by atoms with Gasteiger partial charge in [-0.1, -0.05) is 0 Å². The number of hydrogen-bond acceptors (Lipinski definition) is 2. The Labute approximate surface area is 122 Å². The molecule has 1 saturated carbocycles. The second-order valence-electron chi connectivity index (χ2n) is 5.96. The zero-order valence-electron chi connectivity index (χ0n) is 12.2. The van der Waals surface area contributed by atoms with Crippen LogP contribution in [0.15, 0.2) is 18.2 Å². The van der Waals surface area contributed by atoms with Gasteiger partial charge in [0.2, 0.25) is 0 Å². The zero-order chi connectivity index (χ0) is 15.1. The Kier molecular flexibility index (Phi) is 3.45. The van der Waals surface area contributed by atoms with Gasteiger partial charge in [-0.05, 0) is 49.4 Å². The van der Waals surface area contributed by atoms with E-state index >= 15 is 0 Å². The predicted octanol–water partition coefficient (Wildman–Crippen LogP) is 2.46. The van der Waals surface area contributed by atoms with Gasteiger partial charge in [0.1, 0.15) is 11.5 Å². The standard InChI is InChI=1S/C16H19FN2O2/c1-9-5-11(17)6-13-12(9)7-14(18-13)16(21)19(2)8-15(20)10-3-4-10/h5-7,10,15,18,20H,3-4,8H2,1-2H3. The average molecular weight is 290 g/mol. The number of fused-ring (bicyclic) bond motifs is 1. The lowest BCUT2D eigenvalue weighted by Crippen LogP contribution is -2.35. The number of nitrogens with zero attached hydrogens (tertiary/aromatic N) is 1. The lowest BCUT2D eigenvalue weighted by atomic mass is 10.1. The predicted molar refractivity (Wildman–Crippen MR) is 78.7 cm³/mol. The number of aliphatic hydroxyl groups excluding tert-OH is 1. The van der Waals surface area contributed by atoms with Crippen molar-refractivity contribution < 1.29 is 14.3 Å². The molecule has 5 heteroatoms. The van der Waals surface area contributed by atoms with E-state index < -0.39 is 6.10 Å². The number of carbonyl (C=O) groups is 1. The van der Waals surface area contributed by atoms with Gasteiger partial charge in [-0.15, -0.1) is 0 Å². The molecule has 1 amide bonds. The minimum absolute atomic E-state index is 0.189. The van der Waals surface area contributed by atoms with Crippen LogP contribution in [0, 0.1) is 18.7 Å². The summed E-state index contributed by atoms with van der Waals surface area (Å²) in [6.45, 7) is 2.14. The third-order valence-electron chi connectivity index (χ3n) is 4.11. The number of aliphatic hydroxyl groups is 1. The Balaban J connectivity index is 1.82. The number of halogens is 1. The maximum absolute atomic E-state index is 13.4. The van der Waals surface area contributed by atoms with Crippen molar-refractivity contribution in [2.45, 2.75) is 25.9 Å². The van der Waals surface area contributed by atoms with Crippen molar-refractivity contribution in [3.8, 4) is 0 Å². The molecule has 2 N–H and O–H groups in total. The van der Waals surface area contributed by atoms with Crippen LogP contribution in [0.2, 0.25) is 0 Å². The van der Waals surface area contributed by atoms with Crippen LogP contribution in [0.1, 0.15) is 28.9 Å². The van der Waals surface area contributed by atoms with Crippen molar-refractivity contribution in [2.75, 3.05) is 13.6 Å². The van der Waals surface area contributed by atoms with Crippen LogP contribution in [0.3, 0.4) is 0 Å². The minimum atomic E-state index is -0.456. The molecule has 1 fully saturated rings. The van der Waals surface area contributed by atoms with E-state index in [0.717, 1.165) is 23.8 Å². The van der Waals surface area contributed by atoms with E-state index in [1.165, 1.54) is 17.0 Å². The molecule has 1 aliphatic carbocycles. The molecule has 2 aromatic rings. The number of amides is 1. The van der Waals surface area contributed by atoms with Crippen LogP contribution in [0.5, 0.6) is 0 Å². The summed E-state index contributed by atoms with van der Waals surface area (Å²) in [7, 11) is 1.67. The van der Waals surface area contributed by atoms with Crippen LogP contribution in [-0.4, -0.2) is 40.6 Å². The number of carbonyl (C=O) groups excluding carboxylic acids is 1. The largest absolute Gasteiger partial charge is 0.391 e. The molecule has 112 valence electrons. The molecule has 0 saturated heterocycles. The molecular formula is C16H19FN2O2. The highest BCUT2D eigenvalue weighted by atomic mass is 19.1. The average Bonchev–Trinajstić information content (AvgIpc) is 3.18. The van der Waals surface area contributed by atoms with E-state index in [9.17, 15) is 14.3 Å². The summed E-state index contributed by atoms with van der Waals surface area (Å²) < 4.78 is 13.4. The van der Waals surface area contributed by atoms with Crippen molar-refractivity contribution in [2.24, 2.45) is 5.92 Å². The fraction of sp³-hybridized carbons (Fsp3) is 0.438. The number of hydrogen-bond donors (Lipinski definition) is 2. The number of H-pyrrole nitrogens is 1. The van der Waals surface area contributed by atoms with Gasteiger partial charge in [0.15, 0.2) is 0 Å². The number of nitrogens with one attached hydrogen (secondary N) is 1. The third-order valence-corrected chi connectivity index (χ3v) is 4.11. The monoisotopic (exact) mass is 290 g/mol. The summed E-state index contributed by atoms with van der Waals surface area (Å²) >= 11 is 0. The molecule has 1 unspecified atom stereocenters. The van der Waals surface area contributed by atoms with Gasteiger partial charge >= 0.3 is 0 Å². The molecule has 4 nitrogen and oxygen atoms in total. The summed E-state index contributed by atoms with van der Waals surface area (Å²) in [6, 6.07) is 4.58. The van der Waals surface area contributed by atoms with Gasteiger partial charge < -0.3 is 15.0 Å². The fourth-order valence-corrected chi connectivity index (χ4v) is 2.69.